The van der Waals surface area contributed by atoms with E-state index in [1.807, 2.05) is 32.1 Å². The third-order valence-corrected chi connectivity index (χ3v) is 8.71. The van der Waals surface area contributed by atoms with E-state index in [0.29, 0.717) is 0 Å². The van der Waals surface area contributed by atoms with Gasteiger partial charge in [0, 0.05) is 51.4 Å². The molecule has 3 heterocycles. The molecule has 1 aliphatic heterocycles. The topological polar surface area (TPSA) is 47.8 Å². The van der Waals surface area contributed by atoms with Crippen LogP contribution in [-0.4, -0.2) is 71.5 Å². The van der Waals surface area contributed by atoms with E-state index >= 15 is 0 Å². The Labute approximate surface area is 288 Å². The van der Waals surface area contributed by atoms with Crippen LogP contribution in [0.1, 0.15) is 29.5 Å². The predicted octanol–water partition coefficient (Wildman–Crippen LogP) is 6.17. The number of hydrogen-bond acceptors (Lipinski definition) is 5. The Morgan fingerprint density at radius 3 is 2.00 bits per heavy atom. The number of para-hydroxylation sites is 2. The van der Waals surface area contributed by atoms with Crippen LogP contribution in [0.3, 0.4) is 0 Å². The van der Waals surface area contributed by atoms with Gasteiger partial charge in [-0.1, -0.05) is 42.5 Å². The maximum atomic E-state index is 5.08. The van der Waals surface area contributed by atoms with Crippen molar-refractivity contribution in [2.24, 2.45) is 0 Å². The Bertz CT molecular complexity index is 1440. The summed E-state index contributed by atoms with van der Waals surface area (Å²) < 4.78 is 2.32. The Morgan fingerprint density at radius 1 is 0.717 bits per heavy atom. The second kappa shape index (κ2) is 18.2. The number of nitrogens with one attached hydrogen (secondary N) is 2. The first-order chi connectivity index (χ1) is 22.3. The van der Waals surface area contributed by atoms with E-state index in [9.17, 15) is 0 Å². The van der Waals surface area contributed by atoms with Crippen molar-refractivity contribution in [1.29, 1.82) is 0 Å². The standard InChI is InChI=1S/C34H41N6.C5H5.Fe/c1-27-26-40-31-16-8-7-15-30(31)37-34(33(40)32(27)29-13-5-6-14-29)36-18-10-20-39-23-21-38(22-24-39)19-9-17-35-25-28-11-3-2-4-12-28;1-2-4-5-3-1;/h2-8,11-16,26,35H,9-10,17-25H2,1H3,(H,36,37);1-5H;/q;;+2. The van der Waals surface area contributed by atoms with Gasteiger partial charge in [0.05, 0.1) is 16.6 Å². The molecule has 2 aliphatic carbocycles. The third kappa shape index (κ3) is 9.35. The Balaban J connectivity index is 0.000000635. The molecule has 10 radical (unpaired) electrons. The van der Waals surface area contributed by atoms with Crippen LogP contribution in [0.5, 0.6) is 0 Å². The first kappa shape index (κ1) is 34.9. The SMILES string of the molecule is Cc1cn2c(c(NCCCN3CCN(CCCNCc4ccccc4)CC3)nc3ccccc32)c1[C]1[CH][CH][CH][CH]1.[CH]1[CH][CH][CH][CH]1.[Fe+2]. The molecule has 3 aliphatic rings. The van der Waals surface area contributed by atoms with Crippen molar-refractivity contribution < 1.29 is 17.1 Å². The number of hydrogen-bond donors (Lipinski definition) is 2. The summed E-state index contributed by atoms with van der Waals surface area (Å²) in [5.41, 5.74) is 7.25. The molecular formula is C39H46FeN6+2. The minimum absolute atomic E-state index is 0. The van der Waals surface area contributed by atoms with Crippen LogP contribution in [0.15, 0.2) is 60.8 Å². The van der Waals surface area contributed by atoms with Gasteiger partial charge in [0.15, 0.2) is 5.82 Å². The van der Waals surface area contributed by atoms with Crippen molar-refractivity contribution in [1.82, 2.24) is 24.5 Å². The van der Waals surface area contributed by atoms with E-state index in [2.05, 4.69) is 118 Å². The number of aromatic nitrogens is 2. The van der Waals surface area contributed by atoms with Crippen LogP contribution in [-0.2, 0) is 23.6 Å². The van der Waals surface area contributed by atoms with Gasteiger partial charge < -0.3 is 24.8 Å². The molecule has 3 fully saturated rings. The molecule has 0 amide bonds. The van der Waals surface area contributed by atoms with Crippen molar-refractivity contribution in [3.05, 3.63) is 141 Å². The molecule has 7 rings (SSSR count). The number of aryl methyl sites for hydroxylation is 1. The van der Waals surface area contributed by atoms with Gasteiger partial charge >= 0.3 is 17.1 Å². The van der Waals surface area contributed by atoms with Crippen LogP contribution >= 0.6 is 0 Å². The van der Waals surface area contributed by atoms with Gasteiger partial charge in [-0.05, 0) is 126 Å². The average Bonchev–Trinajstić information content (AvgIpc) is 3.88. The molecule has 2 N–H and O–H groups in total. The number of piperazine rings is 1. The van der Waals surface area contributed by atoms with Crippen LogP contribution in [0, 0.1) is 70.6 Å². The zero-order valence-electron chi connectivity index (χ0n) is 26.9. The van der Waals surface area contributed by atoms with Crippen LogP contribution in [0.25, 0.3) is 16.6 Å². The average molecular weight is 655 g/mol. The number of anilines is 1. The van der Waals surface area contributed by atoms with Crippen LogP contribution in [0.4, 0.5) is 5.82 Å². The first-order valence-electron chi connectivity index (χ1n) is 16.5. The van der Waals surface area contributed by atoms with Gasteiger partial charge in [0.1, 0.15) is 0 Å². The summed E-state index contributed by atoms with van der Waals surface area (Å²) >= 11 is 0. The van der Waals surface area contributed by atoms with Gasteiger partial charge in [-0.15, -0.1) is 0 Å². The Hall–Kier alpha value is -2.41. The Kier molecular flexibility index (Phi) is 13.8. The van der Waals surface area contributed by atoms with Crippen LogP contribution < -0.4 is 10.6 Å². The summed E-state index contributed by atoms with van der Waals surface area (Å²) in [4.78, 5) is 10.3. The zero-order chi connectivity index (χ0) is 30.7. The van der Waals surface area contributed by atoms with Gasteiger partial charge in [-0.25, -0.2) is 4.98 Å². The van der Waals surface area contributed by atoms with Crippen molar-refractivity contribution in [3.63, 3.8) is 0 Å². The molecule has 2 aromatic carbocycles. The number of nitrogens with zero attached hydrogens (tertiary/aromatic N) is 4. The minimum Gasteiger partial charge on any atom is -0.368 e. The molecule has 0 unspecified atom stereocenters. The quantitative estimate of drug-likeness (QED) is 0.142. The van der Waals surface area contributed by atoms with E-state index in [-0.39, 0.29) is 17.1 Å². The van der Waals surface area contributed by atoms with Gasteiger partial charge in [0.2, 0.25) is 0 Å². The summed E-state index contributed by atoms with van der Waals surface area (Å²) in [6.45, 7) is 12.1. The van der Waals surface area contributed by atoms with E-state index in [4.69, 9.17) is 4.98 Å². The molecule has 0 atom stereocenters. The molecule has 46 heavy (non-hydrogen) atoms. The monoisotopic (exact) mass is 654 g/mol. The van der Waals surface area contributed by atoms with Gasteiger partial charge in [-0.2, -0.15) is 0 Å². The van der Waals surface area contributed by atoms with Crippen molar-refractivity contribution in [2.75, 3.05) is 57.7 Å². The van der Waals surface area contributed by atoms with Gasteiger partial charge in [-0.3, -0.25) is 0 Å². The molecule has 7 heteroatoms. The maximum Gasteiger partial charge on any atom is 2.00 e. The summed E-state index contributed by atoms with van der Waals surface area (Å²) in [6.07, 6.45) is 23.2. The van der Waals surface area contributed by atoms with E-state index in [0.717, 1.165) is 62.5 Å². The molecule has 2 aromatic heterocycles. The predicted molar refractivity (Wildman–Crippen MR) is 187 cm³/mol. The van der Waals surface area contributed by atoms with Crippen molar-refractivity contribution >= 4 is 22.4 Å². The van der Waals surface area contributed by atoms with E-state index in [1.54, 1.807) is 0 Å². The molecule has 0 bridgehead atoms. The fourth-order valence-electron chi connectivity index (χ4n) is 6.34. The second-order valence-corrected chi connectivity index (χ2v) is 12.0. The summed E-state index contributed by atoms with van der Waals surface area (Å²) in [5, 5.41) is 7.30. The first-order valence-corrected chi connectivity index (χ1v) is 16.5. The normalized spacial score (nSPS) is 17.7. The molecular weight excluding hydrogens is 608 g/mol. The Morgan fingerprint density at radius 2 is 1.33 bits per heavy atom. The molecule has 6 nitrogen and oxygen atoms in total. The van der Waals surface area contributed by atoms with Crippen molar-refractivity contribution in [2.45, 2.75) is 26.3 Å². The van der Waals surface area contributed by atoms with Crippen LogP contribution in [0.2, 0.25) is 0 Å². The molecule has 4 aromatic rings. The maximum absolute atomic E-state index is 5.08. The number of rotatable bonds is 12. The molecule has 2 saturated carbocycles. The van der Waals surface area contributed by atoms with Gasteiger partial charge in [0.25, 0.3) is 0 Å². The number of fused-ring (bicyclic) bond motifs is 3. The fourth-order valence-corrected chi connectivity index (χ4v) is 6.34. The summed E-state index contributed by atoms with van der Waals surface area (Å²) in [5.74, 6) is 2.23. The van der Waals surface area contributed by atoms with E-state index < -0.39 is 0 Å². The molecule has 238 valence electrons. The minimum atomic E-state index is 0. The number of benzene rings is 2. The summed E-state index contributed by atoms with van der Waals surface area (Å²) in [6, 6.07) is 19.1. The second-order valence-electron chi connectivity index (χ2n) is 12.0. The molecule has 1 saturated heterocycles. The van der Waals surface area contributed by atoms with E-state index in [1.165, 1.54) is 54.2 Å². The third-order valence-electron chi connectivity index (χ3n) is 8.71. The fraction of sp³-hybridized carbons (Fsp3) is 0.308. The van der Waals surface area contributed by atoms with Crippen molar-refractivity contribution in [3.8, 4) is 0 Å². The zero-order valence-corrected chi connectivity index (χ0v) is 28.0. The smallest absolute Gasteiger partial charge is 0.368 e. The molecule has 0 spiro atoms. The summed E-state index contributed by atoms with van der Waals surface area (Å²) in [7, 11) is 0. The largest absolute Gasteiger partial charge is 2.00 e.